The predicted octanol–water partition coefficient (Wildman–Crippen LogP) is 3.86. The Morgan fingerprint density at radius 2 is 2.12 bits per heavy atom. The molecule has 4 rings (SSSR count). The number of rotatable bonds is 3. The molecule has 4 nitrogen and oxygen atoms in total. The summed E-state index contributed by atoms with van der Waals surface area (Å²) in [6.07, 6.45) is 3.73. The lowest BCUT2D eigenvalue weighted by molar-refractivity contribution is -0.0334. The molecule has 0 radical (unpaired) electrons. The zero-order chi connectivity index (χ0) is 16.4. The van der Waals surface area contributed by atoms with Gasteiger partial charge in [0.05, 0.1) is 28.9 Å². The second-order valence-corrected chi connectivity index (χ2v) is 6.40. The number of fused-ring (bicyclic) bond motifs is 1. The molecule has 1 aliphatic heterocycles. The molecule has 0 spiro atoms. The summed E-state index contributed by atoms with van der Waals surface area (Å²) in [5.41, 5.74) is 3.02. The molecule has 5 heteroatoms. The molecule has 1 fully saturated rings. The van der Waals surface area contributed by atoms with E-state index in [2.05, 4.69) is 28.1 Å². The van der Waals surface area contributed by atoms with E-state index in [1.54, 1.807) is 6.20 Å². The van der Waals surface area contributed by atoms with E-state index in [0.717, 1.165) is 41.8 Å². The van der Waals surface area contributed by atoms with Gasteiger partial charge >= 0.3 is 0 Å². The fraction of sp³-hybridized carbons (Fsp3) is 0.263. The average molecular weight is 340 g/mol. The second-order valence-electron chi connectivity index (χ2n) is 6.00. The van der Waals surface area contributed by atoms with Crippen molar-refractivity contribution in [1.29, 1.82) is 0 Å². The highest BCUT2D eigenvalue weighted by Gasteiger charge is 2.22. The lowest BCUT2D eigenvalue weighted by Gasteiger charge is -2.32. The number of para-hydroxylation sites is 1. The van der Waals surface area contributed by atoms with Crippen LogP contribution in [0.5, 0.6) is 0 Å². The van der Waals surface area contributed by atoms with Gasteiger partial charge in [-0.3, -0.25) is 9.88 Å². The third-order valence-corrected chi connectivity index (χ3v) is 4.63. The number of benzene rings is 1. The molecule has 0 unspecified atom stereocenters. The molecule has 1 aromatic carbocycles. The number of ether oxygens (including phenoxy) is 1. The Morgan fingerprint density at radius 1 is 1.17 bits per heavy atom. The van der Waals surface area contributed by atoms with Crippen LogP contribution in [0.15, 0.2) is 54.9 Å². The standard InChI is InChI=1S/C19H18ClN3O/c20-17-5-1-3-14-6-7-16(22-19(14)17)12-23-9-10-24-18(13-23)15-4-2-8-21-11-15/h1-8,11,18H,9-10,12-13H2/t18-/m1/s1. The predicted molar refractivity (Wildman–Crippen MR) is 95.0 cm³/mol. The molecule has 1 saturated heterocycles. The van der Waals surface area contributed by atoms with Crippen LogP contribution in [0.4, 0.5) is 0 Å². The number of hydrogen-bond acceptors (Lipinski definition) is 4. The first-order valence-corrected chi connectivity index (χ1v) is 8.45. The van der Waals surface area contributed by atoms with Crippen molar-refractivity contribution in [3.63, 3.8) is 0 Å². The summed E-state index contributed by atoms with van der Waals surface area (Å²) >= 11 is 6.27. The summed E-state index contributed by atoms with van der Waals surface area (Å²) in [6, 6.07) is 14.0. The van der Waals surface area contributed by atoms with Crippen molar-refractivity contribution in [2.75, 3.05) is 19.7 Å². The smallest absolute Gasteiger partial charge is 0.0967 e. The van der Waals surface area contributed by atoms with E-state index in [4.69, 9.17) is 21.3 Å². The van der Waals surface area contributed by atoms with Crippen LogP contribution in [0.2, 0.25) is 5.02 Å². The molecule has 122 valence electrons. The van der Waals surface area contributed by atoms with E-state index in [0.29, 0.717) is 11.6 Å². The maximum absolute atomic E-state index is 6.27. The maximum Gasteiger partial charge on any atom is 0.0967 e. The van der Waals surface area contributed by atoms with Gasteiger partial charge in [-0.1, -0.05) is 35.9 Å². The van der Waals surface area contributed by atoms with Crippen molar-refractivity contribution in [3.8, 4) is 0 Å². The highest BCUT2D eigenvalue weighted by Crippen LogP contribution is 2.24. The summed E-state index contributed by atoms with van der Waals surface area (Å²) in [6.45, 7) is 3.25. The average Bonchev–Trinajstić information content (AvgIpc) is 2.63. The molecule has 0 amide bonds. The minimum absolute atomic E-state index is 0.0662. The van der Waals surface area contributed by atoms with Gasteiger partial charge in [-0.25, -0.2) is 4.98 Å². The van der Waals surface area contributed by atoms with E-state index in [1.807, 2.05) is 30.5 Å². The van der Waals surface area contributed by atoms with Gasteiger partial charge in [0.2, 0.25) is 0 Å². The van der Waals surface area contributed by atoms with E-state index in [9.17, 15) is 0 Å². The zero-order valence-corrected chi connectivity index (χ0v) is 14.0. The van der Waals surface area contributed by atoms with Gasteiger partial charge in [-0.05, 0) is 18.2 Å². The lowest BCUT2D eigenvalue weighted by Crippen LogP contribution is -2.38. The lowest BCUT2D eigenvalue weighted by atomic mass is 10.1. The van der Waals surface area contributed by atoms with Crippen LogP contribution in [0.1, 0.15) is 17.4 Å². The molecule has 1 atom stereocenters. The Labute approximate surface area is 146 Å². The fourth-order valence-corrected chi connectivity index (χ4v) is 3.31. The number of halogens is 1. The van der Waals surface area contributed by atoms with E-state index in [-0.39, 0.29) is 6.10 Å². The Morgan fingerprint density at radius 3 is 3.00 bits per heavy atom. The van der Waals surface area contributed by atoms with Crippen molar-refractivity contribution >= 4 is 22.5 Å². The van der Waals surface area contributed by atoms with Crippen molar-refractivity contribution < 1.29 is 4.74 Å². The van der Waals surface area contributed by atoms with Crippen molar-refractivity contribution in [2.24, 2.45) is 0 Å². The van der Waals surface area contributed by atoms with Gasteiger partial charge in [0, 0.05) is 43.0 Å². The highest BCUT2D eigenvalue weighted by atomic mass is 35.5. The van der Waals surface area contributed by atoms with Crippen molar-refractivity contribution in [3.05, 3.63) is 71.1 Å². The minimum atomic E-state index is 0.0662. The first-order chi connectivity index (χ1) is 11.8. The fourth-order valence-electron chi connectivity index (χ4n) is 3.08. The van der Waals surface area contributed by atoms with Gasteiger partial charge in [-0.15, -0.1) is 0 Å². The van der Waals surface area contributed by atoms with Crippen LogP contribution in [0, 0.1) is 0 Å². The molecular weight excluding hydrogens is 322 g/mol. The summed E-state index contributed by atoms with van der Waals surface area (Å²) in [5, 5.41) is 1.77. The highest BCUT2D eigenvalue weighted by molar-refractivity contribution is 6.35. The van der Waals surface area contributed by atoms with Crippen LogP contribution >= 0.6 is 11.6 Å². The first kappa shape index (κ1) is 15.5. The van der Waals surface area contributed by atoms with Crippen LogP contribution < -0.4 is 0 Å². The molecular formula is C19H18ClN3O. The van der Waals surface area contributed by atoms with Crippen LogP contribution in [-0.2, 0) is 11.3 Å². The number of nitrogens with zero attached hydrogens (tertiary/aromatic N) is 3. The van der Waals surface area contributed by atoms with E-state index < -0.39 is 0 Å². The van der Waals surface area contributed by atoms with Gasteiger partial charge in [0.15, 0.2) is 0 Å². The minimum Gasteiger partial charge on any atom is -0.371 e. The number of hydrogen-bond donors (Lipinski definition) is 0. The second kappa shape index (κ2) is 6.85. The van der Waals surface area contributed by atoms with Gasteiger partial charge in [0.1, 0.15) is 0 Å². The Bertz CT molecular complexity index is 840. The van der Waals surface area contributed by atoms with Crippen LogP contribution in [-0.4, -0.2) is 34.6 Å². The Balaban J connectivity index is 1.51. The summed E-state index contributed by atoms with van der Waals surface area (Å²) in [5.74, 6) is 0. The first-order valence-electron chi connectivity index (χ1n) is 8.07. The monoisotopic (exact) mass is 339 g/mol. The Kier molecular flexibility index (Phi) is 4.43. The Hall–Kier alpha value is -2.01. The van der Waals surface area contributed by atoms with Gasteiger partial charge in [-0.2, -0.15) is 0 Å². The molecule has 0 aliphatic carbocycles. The van der Waals surface area contributed by atoms with Gasteiger partial charge < -0.3 is 4.74 Å². The summed E-state index contributed by atoms with van der Waals surface area (Å²) < 4.78 is 5.90. The molecule has 2 aromatic heterocycles. The molecule has 24 heavy (non-hydrogen) atoms. The molecule has 0 bridgehead atoms. The van der Waals surface area contributed by atoms with Crippen molar-refractivity contribution in [2.45, 2.75) is 12.6 Å². The van der Waals surface area contributed by atoms with Crippen LogP contribution in [0.3, 0.4) is 0 Å². The molecule has 3 heterocycles. The molecule has 3 aromatic rings. The normalized spacial score (nSPS) is 18.8. The molecule has 0 N–H and O–H groups in total. The van der Waals surface area contributed by atoms with E-state index in [1.165, 1.54) is 0 Å². The quantitative estimate of drug-likeness (QED) is 0.726. The van der Waals surface area contributed by atoms with E-state index >= 15 is 0 Å². The maximum atomic E-state index is 6.27. The largest absolute Gasteiger partial charge is 0.371 e. The number of pyridine rings is 2. The number of morpholine rings is 1. The van der Waals surface area contributed by atoms with Crippen LogP contribution in [0.25, 0.3) is 10.9 Å². The zero-order valence-electron chi connectivity index (χ0n) is 13.2. The molecule has 0 saturated carbocycles. The SMILES string of the molecule is Clc1cccc2ccc(CN3CCO[C@@H](c4cccnc4)C3)nc12. The van der Waals surface area contributed by atoms with Gasteiger partial charge in [0.25, 0.3) is 0 Å². The topological polar surface area (TPSA) is 38.2 Å². The molecule has 1 aliphatic rings. The summed E-state index contributed by atoms with van der Waals surface area (Å²) in [4.78, 5) is 11.3. The number of aromatic nitrogens is 2. The summed E-state index contributed by atoms with van der Waals surface area (Å²) in [7, 11) is 0. The van der Waals surface area contributed by atoms with Crippen molar-refractivity contribution in [1.82, 2.24) is 14.9 Å². The third-order valence-electron chi connectivity index (χ3n) is 4.32. The third kappa shape index (κ3) is 3.26.